The molecular formula is C21H21F6NO6. The molecule has 0 fully saturated rings. The van der Waals surface area contributed by atoms with Crippen LogP contribution < -0.4 is 4.74 Å². The summed E-state index contributed by atoms with van der Waals surface area (Å²) in [5.41, 5.74) is -6.30. The summed E-state index contributed by atoms with van der Waals surface area (Å²) in [6.07, 6.45) is -11.3. The Morgan fingerprint density at radius 1 is 1.00 bits per heavy atom. The van der Waals surface area contributed by atoms with E-state index in [0.29, 0.717) is 18.6 Å². The molecule has 188 valence electrons. The Labute approximate surface area is 190 Å². The molecule has 13 heteroatoms. The summed E-state index contributed by atoms with van der Waals surface area (Å²) < 4.78 is 97.1. The number of aliphatic hydroxyl groups excluding tert-OH is 1. The number of methoxy groups -OCH3 is 1. The minimum Gasteiger partial charge on any atom is -0.457 e. The van der Waals surface area contributed by atoms with Crippen molar-refractivity contribution in [2.24, 2.45) is 0 Å². The number of hydrogen-bond donors (Lipinski definition) is 1. The smallest absolute Gasteiger partial charge is 0.430 e. The molecule has 7 nitrogen and oxygen atoms in total. The monoisotopic (exact) mass is 497 g/mol. The summed E-state index contributed by atoms with van der Waals surface area (Å²) in [6, 6.07) is 5.63. The second kappa shape index (κ2) is 10.6. The molecule has 0 aliphatic carbocycles. The molecular weight excluding hydrogens is 476 g/mol. The third-order valence-corrected chi connectivity index (χ3v) is 4.82. The van der Waals surface area contributed by atoms with Gasteiger partial charge in [-0.1, -0.05) is 19.4 Å². The van der Waals surface area contributed by atoms with Gasteiger partial charge in [0.2, 0.25) is 0 Å². The van der Waals surface area contributed by atoms with Crippen molar-refractivity contribution in [3.8, 4) is 11.5 Å². The highest BCUT2D eigenvalue weighted by Gasteiger charge is 2.73. The molecule has 1 N–H and O–H groups in total. The van der Waals surface area contributed by atoms with Crippen LogP contribution in [0.5, 0.6) is 11.5 Å². The van der Waals surface area contributed by atoms with Gasteiger partial charge in [-0.05, 0) is 36.2 Å². The summed E-state index contributed by atoms with van der Waals surface area (Å²) in [6.45, 7) is -0.299. The van der Waals surface area contributed by atoms with E-state index in [4.69, 9.17) is 4.74 Å². The molecule has 0 unspecified atom stereocenters. The highest BCUT2D eigenvalue weighted by molar-refractivity contribution is 5.48. The number of nitro benzene ring substituents is 1. The normalized spacial score (nSPS) is 12.6. The maximum Gasteiger partial charge on any atom is 0.430 e. The zero-order valence-corrected chi connectivity index (χ0v) is 18.0. The van der Waals surface area contributed by atoms with Crippen molar-refractivity contribution in [2.45, 2.75) is 44.3 Å². The van der Waals surface area contributed by atoms with Gasteiger partial charge in [-0.2, -0.15) is 26.3 Å². The van der Waals surface area contributed by atoms with Crippen LogP contribution in [0, 0.1) is 10.1 Å². The molecule has 2 rings (SSSR count). The van der Waals surface area contributed by atoms with Gasteiger partial charge >= 0.3 is 12.4 Å². The van der Waals surface area contributed by atoms with Crippen molar-refractivity contribution in [1.29, 1.82) is 0 Å². The fourth-order valence-corrected chi connectivity index (χ4v) is 3.30. The molecule has 0 spiro atoms. The number of halogens is 6. The molecule has 0 radical (unpaired) electrons. The van der Waals surface area contributed by atoms with E-state index < -0.39 is 41.8 Å². The van der Waals surface area contributed by atoms with E-state index in [-0.39, 0.29) is 34.7 Å². The average molecular weight is 497 g/mol. The van der Waals surface area contributed by atoms with Crippen LogP contribution >= 0.6 is 0 Å². The van der Waals surface area contributed by atoms with Crippen LogP contribution in [0.2, 0.25) is 0 Å². The van der Waals surface area contributed by atoms with Gasteiger partial charge in [-0.25, -0.2) is 0 Å². The summed E-state index contributed by atoms with van der Waals surface area (Å²) in [5.74, 6) is -0.0679. The first-order chi connectivity index (χ1) is 15.8. The van der Waals surface area contributed by atoms with Crippen LogP contribution in [0.25, 0.3) is 0 Å². The fourth-order valence-electron chi connectivity index (χ4n) is 3.30. The number of benzene rings is 2. The maximum absolute atomic E-state index is 13.8. The quantitative estimate of drug-likeness (QED) is 0.194. The topological polar surface area (TPSA) is 91.1 Å². The van der Waals surface area contributed by atoms with Crippen LogP contribution in [0.15, 0.2) is 36.4 Å². The summed E-state index contributed by atoms with van der Waals surface area (Å²) in [7, 11) is 0.891. The number of aryl methyl sites for hydroxylation is 1. The third-order valence-electron chi connectivity index (χ3n) is 4.82. The summed E-state index contributed by atoms with van der Waals surface area (Å²) in [5, 5.41) is 20.4. The molecule has 0 saturated carbocycles. The molecule has 2 aromatic rings. The number of nitrogens with zero attached hydrogens (tertiary/aromatic N) is 1. The predicted molar refractivity (Wildman–Crippen MR) is 106 cm³/mol. The van der Waals surface area contributed by atoms with E-state index in [1.807, 2.05) is 0 Å². The lowest BCUT2D eigenvalue weighted by atomic mass is 9.89. The Kier molecular flexibility index (Phi) is 8.50. The largest absolute Gasteiger partial charge is 0.457 e. The number of ether oxygens (including phenoxy) is 3. The van der Waals surface area contributed by atoms with Crippen molar-refractivity contribution < 1.29 is 50.6 Å². The molecule has 0 aliphatic rings. The van der Waals surface area contributed by atoms with E-state index in [0.717, 1.165) is 25.3 Å². The zero-order valence-electron chi connectivity index (χ0n) is 18.0. The van der Waals surface area contributed by atoms with Gasteiger partial charge in [-0.15, -0.1) is 0 Å². The Hall–Kier alpha value is -2.90. The highest BCUT2D eigenvalue weighted by Crippen LogP contribution is 2.53. The summed E-state index contributed by atoms with van der Waals surface area (Å²) in [4.78, 5) is 10.3. The molecule has 0 atom stereocenters. The van der Waals surface area contributed by atoms with Crippen LogP contribution in [-0.2, 0) is 28.1 Å². The molecule has 0 amide bonds. The first kappa shape index (κ1) is 27.3. The van der Waals surface area contributed by atoms with Gasteiger partial charge in [0, 0.05) is 18.7 Å². The van der Waals surface area contributed by atoms with Crippen LogP contribution in [-0.4, -0.2) is 36.3 Å². The Balaban J connectivity index is 2.61. The van der Waals surface area contributed by atoms with E-state index in [2.05, 4.69) is 9.47 Å². The van der Waals surface area contributed by atoms with Crippen LogP contribution in [0.3, 0.4) is 0 Å². The molecule has 0 aliphatic heterocycles. The lowest BCUT2D eigenvalue weighted by Crippen LogP contribution is -2.56. The first-order valence-corrected chi connectivity index (χ1v) is 9.78. The SMILES string of the molecule is CCCc1cc(C(OCOC)(C(F)(F)F)C(F)(F)F)ccc1Oc1ccc([N+](=O)[O-])c(CO)c1. The van der Waals surface area contributed by atoms with E-state index in [9.17, 15) is 41.6 Å². The van der Waals surface area contributed by atoms with Crippen LogP contribution in [0.1, 0.15) is 30.0 Å². The number of nitro groups is 1. The van der Waals surface area contributed by atoms with Crippen LogP contribution in [0.4, 0.5) is 32.0 Å². The molecule has 34 heavy (non-hydrogen) atoms. The third kappa shape index (κ3) is 5.42. The molecule has 0 saturated heterocycles. The molecule has 0 aromatic heterocycles. The van der Waals surface area contributed by atoms with Gasteiger partial charge in [0.1, 0.15) is 18.3 Å². The lowest BCUT2D eigenvalue weighted by Gasteiger charge is -2.37. The second-order valence-electron chi connectivity index (χ2n) is 7.11. The van der Waals surface area contributed by atoms with Gasteiger partial charge in [0.05, 0.1) is 17.1 Å². The minimum absolute atomic E-state index is 0.00621. The van der Waals surface area contributed by atoms with Gasteiger partial charge in [0.25, 0.3) is 11.3 Å². The maximum atomic E-state index is 13.8. The second-order valence-corrected chi connectivity index (χ2v) is 7.11. The summed E-state index contributed by atoms with van der Waals surface area (Å²) >= 11 is 0. The van der Waals surface area contributed by atoms with Gasteiger partial charge in [-0.3, -0.25) is 10.1 Å². The molecule has 2 aromatic carbocycles. The first-order valence-electron chi connectivity index (χ1n) is 9.78. The number of hydrogen-bond acceptors (Lipinski definition) is 6. The fraction of sp³-hybridized carbons (Fsp3) is 0.429. The van der Waals surface area contributed by atoms with Crippen molar-refractivity contribution in [1.82, 2.24) is 0 Å². The number of aliphatic hydroxyl groups is 1. The van der Waals surface area contributed by atoms with E-state index in [1.165, 1.54) is 6.07 Å². The highest BCUT2D eigenvalue weighted by atomic mass is 19.4. The van der Waals surface area contributed by atoms with E-state index >= 15 is 0 Å². The van der Waals surface area contributed by atoms with Gasteiger partial charge in [0.15, 0.2) is 0 Å². The zero-order chi connectivity index (χ0) is 25.7. The van der Waals surface area contributed by atoms with E-state index in [1.54, 1.807) is 6.92 Å². The van der Waals surface area contributed by atoms with Crippen molar-refractivity contribution >= 4 is 5.69 Å². The van der Waals surface area contributed by atoms with Crippen molar-refractivity contribution in [3.05, 3.63) is 63.2 Å². The Bertz CT molecular complexity index is 994. The van der Waals surface area contributed by atoms with Crippen molar-refractivity contribution in [3.63, 3.8) is 0 Å². The number of rotatable bonds is 10. The van der Waals surface area contributed by atoms with Gasteiger partial charge < -0.3 is 19.3 Å². The minimum atomic E-state index is -5.87. The standard InChI is InChI=1S/C21H21F6NO6/c1-3-4-13-9-15(19(20(22,23)24,21(25,26)27)33-12-32-2)5-8-18(13)34-16-6-7-17(28(30)31)14(10-16)11-29/h5-10,29H,3-4,11-12H2,1-2H3. The van der Waals surface area contributed by atoms with Crippen molar-refractivity contribution in [2.75, 3.05) is 13.9 Å². The molecule has 0 bridgehead atoms. The average Bonchev–Trinajstić information content (AvgIpc) is 2.73. The lowest BCUT2D eigenvalue weighted by molar-refractivity contribution is -0.400. The Morgan fingerprint density at radius 3 is 2.15 bits per heavy atom. The molecule has 0 heterocycles. The predicted octanol–water partition coefficient (Wildman–Crippen LogP) is 5.77. The number of alkyl halides is 6. The Morgan fingerprint density at radius 2 is 1.65 bits per heavy atom.